The normalized spacial score (nSPS) is 11.4. The van der Waals surface area contributed by atoms with Gasteiger partial charge in [-0.2, -0.15) is 0 Å². The minimum atomic E-state index is -0.695. The molecule has 0 bridgehead atoms. The number of fused-ring (bicyclic) bond motifs is 2. The smallest absolute Gasteiger partial charge is 0.180 e. The predicted molar refractivity (Wildman–Crippen MR) is 81.1 cm³/mol. The highest BCUT2D eigenvalue weighted by Crippen LogP contribution is 2.24. The first-order valence-corrected chi connectivity index (χ1v) is 7.08. The molecule has 0 aliphatic rings. The number of hydrogen-bond acceptors (Lipinski definition) is 4. The lowest BCUT2D eigenvalue weighted by atomic mass is 10.1. The summed E-state index contributed by atoms with van der Waals surface area (Å²) in [7, 11) is 0. The van der Waals surface area contributed by atoms with Crippen molar-refractivity contribution in [2.75, 3.05) is 0 Å². The summed E-state index contributed by atoms with van der Waals surface area (Å²) < 4.78 is 30.2. The Morgan fingerprint density at radius 2 is 2.00 bits per heavy atom. The standard InChI is InChI=1S/C15H8ClF2N5/c16-13-4-3-11-15(20-13)23(22-21-11)7-9-10(17)6-12-8(14(9)18)2-1-5-19-12/h1-6H,7H2. The molecule has 0 fully saturated rings. The van der Waals surface area contributed by atoms with Crippen LogP contribution in [0.1, 0.15) is 5.56 Å². The Balaban J connectivity index is 1.87. The third kappa shape index (κ3) is 2.29. The van der Waals surface area contributed by atoms with E-state index in [-0.39, 0.29) is 28.2 Å². The van der Waals surface area contributed by atoms with Gasteiger partial charge in [-0.15, -0.1) is 5.10 Å². The van der Waals surface area contributed by atoms with Gasteiger partial charge in [-0.1, -0.05) is 16.8 Å². The lowest BCUT2D eigenvalue weighted by Gasteiger charge is -2.08. The van der Waals surface area contributed by atoms with E-state index in [9.17, 15) is 8.78 Å². The molecule has 3 aromatic heterocycles. The second kappa shape index (κ2) is 5.20. The van der Waals surface area contributed by atoms with E-state index < -0.39 is 11.6 Å². The van der Waals surface area contributed by atoms with Gasteiger partial charge < -0.3 is 0 Å². The van der Waals surface area contributed by atoms with Crippen molar-refractivity contribution in [1.82, 2.24) is 25.0 Å². The van der Waals surface area contributed by atoms with Gasteiger partial charge in [-0.3, -0.25) is 4.98 Å². The summed E-state index contributed by atoms with van der Waals surface area (Å²) in [6.45, 7) is -0.146. The number of halogens is 3. The predicted octanol–water partition coefficient (Wildman–Crippen LogP) is 3.35. The molecule has 3 heterocycles. The first kappa shape index (κ1) is 14.0. The van der Waals surface area contributed by atoms with E-state index >= 15 is 0 Å². The number of pyridine rings is 2. The molecule has 0 amide bonds. The molecule has 4 aromatic rings. The van der Waals surface area contributed by atoms with Crippen LogP contribution in [0.15, 0.2) is 36.5 Å². The summed E-state index contributed by atoms with van der Waals surface area (Å²) in [5.41, 5.74) is 0.996. The first-order valence-electron chi connectivity index (χ1n) is 6.71. The maximum Gasteiger partial charge on any atom is 0.180 e. The Morgan fingerprint density at radius 3 is 2.87 bits per heavy atom. The molecule has 5 nitrogen and oxygen atoms in total. The van der Waals surface area contributed by atoms with Crippen LogP contribution in [0.5, 0.6) is 0 Å². The topological polar surface area (TPSA) is 56.5 Å². The summed E-state index contributed by atoms with van der Waals surface area (Å²) in [4.78, 5) is 8.06. The Labute approximate surface area is 133 Å². The monoisotopic (exact) mass is 331 g/mol. The fourth-order valence-corrected chi connectivity index (χ4v) is 2.57. The lowest BCUT2D eigenvalue weighted by molar-refractivity contribution is 0.538. The molecule has 0 aliphatic carbocycles. The average Bonchev–Trinajstić information content (AvgIpc) is 2.93. The summed E-state index contributed by atoms with van der Waals surface area (Å²) in [6.07, 6.45) is 1.48. The van der Waals surface area contributed by atoms with Crippen LogP contribution in [0.25, 0.3) is 22.1 Å². The Hall–Kier alpha value is -2.67. The van der Waals surface area contributed by atoms with Crippen molar-refractivity contribution in [2.24, 2.45) is 0 Å². The minimum absolute atomic E-state index is 0.126. The molecule has 4 rings (SSSR count). The molecule has 0 unspecified atom stereocenters. The van der Waals surface area contributed by atoms with Crippen molar-refractivity contribution in [3.8, 4) is 0 Å². The zero-order valence-corrected chi connectivity index (χ0v) is 12.3. The highest BCUT2D eigenvalue weighted by atomic mass is 35.5. The minimum Gasteiger partial charge on any atom is -0.256 e. The Morgan fingerprint density at radius 1 is 1.13 bits per heavy atom. The fourth-order valence-electron chi connectivity index (χ4n) is 2.42. The molecule has 0 aliphatic heterocycles. The second-order valence-corrected chi connectivity index (χ2v) is 5.33. The van der Waals surface area contributed by atoms with E-state index in [4.69, 9.17) is 11.6 Å². The van der Waals surface area contributed by atoms with Crippen LogP contribution in [-0.2, 0) is 6.54 Å². The SMILES string of the molecule is Fc1cc2ncccc2c(F)c1Cn1nnc2ccc(Cl)nc21. The number of benzene rings is 1. The molecule has 0 saturated carbocycles. The summed E-state index contributed by atoms with van der Waals surface area (Å²) in [6, 6.07) is 7.57. The van der Waals surface area contributed by atoms with E-state index in [1.165, 1.54) is 16.9 Å². The van der Waals surface area contributed by atoms with Crippen LogP contribution in [0, 0.1) is 11.6 Å². The molecule has 0 spiro atoms. The zero-order valence-electron chi connectivity index (χ0n) is 11.5. The van der Waals surface area contributed by atoms with Gasteiger partial charge in [-0.25, -0.2) is 18.4 Å². The maximum atomic E-state index is 14.6. The van der Waals surface area contributed by atoms with Crippen LogP contribution in [0.2, 0.25) is 5.15 Å². The number of rotatable bonds is 2. The van der Waals surface area contributed by atoms with Crippen molar-refractivity contribution in [2.45, 2.75) is 6.54 Å². The Bertz CT molecular complexity index is 1050. The molecular formula is C15H8ClF2N5. The van der Waals surface area contributed by atoms with Crippen LogP contribution < -0.4 is 0 Å². The van der Waals surface area contributed by atoms with E-state index in [0.717, 1.165) is 0 Å². The van der Waals surface area contributed by atoms with Crippen LogP contribution >= 0.6 is 11.6 Å². The molecule has 23 heavy (non-hydrogen) atoms. The summed E-state index contributed by atoms with van der Waals surface area (Å²) in [5.74, 6) is -1.36. The van der Waals surface area contributed by atoms with Crippen LogP contribution in [-0.4, -0.2) is 25.0 Å². The van der Waals surface area contributed by atoms with Gasteiger partial charge in [0.05, 0.1) is 12.1 Å². The van der Waals surface area contributed by atoms with E-state index in [1.54, 1.807) is 24.3 Å². The highest BCUT2D eigenvalue weighted by Gasteiger charge is 2.17. The first-order chi connectivity index (χ1) is 11.1. The second-order valence-electron chi connectivity index (χ2n) is 4.94. The third-order valence-corrected chi connectivity index (χ3v) is 3.74. The van der Waals surface area contributed by atoms with Crippen LogP contribution in [0.4, 0.5) is 8.78 Å². The highest BCUT2D eigenvalue weighted by molar-refractivity contribution is 6.29. The zero-order chi connectivity index (χ0) is 16.0. The number of nitrogens with zero attached hydrogens (tertiary/aromatic N) is 5. The molecule has 0 saturated heterocycles. The molecule has 0 N–H and O–H groups in total. The molecule has 1 aromatic carbocycles. The van der Waals surface area contributed by atoms with Gasteiger partial charge in [0.1, 0.15) is 22.3 Å². The maximum absolute atomic E-state index is 14.6. The van der Waals surface area contributed by atoms with E-state index in [2.05, 4.69) is 20.3 Å². The van der Waals surface area contributed by atoms with Crippen molar-refractivity contribution < 1.29 is 8.78 Å². The van der Waals surface area contributed by atoms with Gasteiger partial charge >= 0.3 is 0 Å². The molecule has 114 valence electrons. The fraction of sp³-hybridized carbons (Fsp3) is 0.0667. The van der Waals surface area contributed by atoms with Crippen LogP contribution in [0.3, 0.4) is 0 Å². The number of hydrogen-bond donors (Lipinski definition) is 0. The van der Waals surface area contributed by atoms with Crippen molar-refractivity contribution in [3.63, 3.8) is 0 Å². The quantitative estimate of drug-likeness (QED) is 0.529. The van der Waals surface area contributed by atoms with E-state index in [0.29, 0.717) is 11.2 Å². The lowest BCUT2D eigenvalue weighted by Crippen LogP contribution is -2.08. The van der Waals surface area contributed by atoms with Gasteiger partial charge in [0.25, 0.3) is 0 Å². The summed E-state index contributed by atoms with van der Waals surface area (Å²) in [5, 5.41) is 8.31. The van der Waals surface area contributed by atoms with Gasteiger partial charge in [0.2, 0.25) is 0 Å². The molecule has 0 atom stereocenters. The summed E-state index contributed by atoms with van der Waals surface area (Å²) >= 11 is 5.85. The van der Waals surface area contributed by atoms with Crippen molar-refractivity contribution in [3.05, 3.63) is 58.9 Å². The third-order valence-electron chi connectivity index (χ3n) is 3.53. The van der Waals surface area contributed by atoms with Gasteiger partial charge in [0, 0.05) is 23.2 Å². The van der Waals surface area contributed by atoms with Gasteiger partial charge in [0.15, 0.2) is 5.65 Å². The average molecular weight is 332 g/mol. The van der Waals surface area contributed by atoms with Crippen molar-refractivity contribution in [1.29, 1.82) is 0 Å². The Kier molecular flexibility index (Phi) is 3.16. The van der Waals surface area contributed by atoms with Crippen molar-refractivity contribution >= 4 is 33.7 Å². The molecular weight excluding hydrogens is 324 g/mol. The molecule has 0 radical (unpaired) electrons. The number of aromatic nitrogens is 5. The van der Waals surface area contributed by atoms with Gasteiger partial charge in [-0.05, 0) is 24.3 Å². The van der Waals surface area contributed by atoms with E-state index in [1.807, 2.05) is 0 Å². The molecule has 8 heteroatoms. The largest absolute Gasteiger partial charge is 0.256 e.